The van der Waals surface area contributed by atoms with Gasteiger partial charge in [0.2, 0.25) is 0 Å². The molecule has 0 radical (unpaired) electrons. The first kappa shape index (κ1) is 21.4. The second kappa shape index (κ2) is 11.0. The molecule has 1 heterocycles. The molecule has 1 aliphatic heterocycles. The number of halogens is 2. The van der Waals surface area contributed by atoms with Crippen LogP contribution in [0.4, 0.5) is 0 Å². The lowest BCUT2D eigenvalue weighted by molar-refractivity contribution is 0.123. The van der Waals surface area contributed by atoms with Crippen LogP contribution in [0.2, 0.25) is 5.02 Å². The van der Waals surface area contributed by atoms with Gasteiger partial charge in [0, 0.05) is 33.4 Å². The SMILES string of the molecule is CN=C(NCCCOCC1CC1)NCc1cc(Cl)c2c(c1)OCCO2.I. The molecule has 1 fully saturated rings. The van der Waals surface area contributed by atoms with Crippen molar-refractivity contribution in [3.63, 3.8) is 0 Å². The predicted octanol–water partition coefficient (Wildman–Crippen LogP) is 3.21. The van der Waals surface area contributed by atoms with Crippen molar-refractivity contribution in [2.75, 3.05) is 40.0 Å². The van der Waals surface area contributed by atoms with Crippen molar-refractivity contribution in [3.05, 3.63) is 22.7 Å². The third-order valence-electron chi connectivity index (χ3n) is 4.15. The summed E-state index contributed by atoms with van der Waals surface area (Å²) in [6.07, 6.45) is 3.63. The quantitative estimate of drug-likeness (QED) is 0.251. The van der Waals surface area contributed by atoms with Crippen LogP contribution in [0.5, 0.6) is 11.5 Å². The van der Waals surface area contributed by atoms with Crippen LogP contribution in [-0.4, -0.2) is 46.0 Å². The Morgan fingerprint density at radius 3 is 2.85 bits per heavy atom. The Balaban J connectivity index is 0.00000243. The topological polar surface area (TPSA) is 64.1 Å². The summed E-state index contributed by atoms with van der Waals surface area (Å²) in [5.74, 6) is 2.91. The number of nitrogens with zero attached hydrogens (tertiary/aromatic N) is 1. The van der Waals surface area contributed by atoms with Crippen molar-refractivity contribution in [1.82, 2.24) is 10.6 Å². The molecule has 26 heavy (non-hydrogen) atoms. The molecule has 2 N–H and O–H groups in total. The van der Waals surface area contributed by atoms with Crippen LogP contribution in [0.1, 0.15) is 24.8 Å². The molecule has 2 aliphatic rings. The summed E-state index contributed by atoms with van der Waals surface area (Å²) < 4.78 is 16.8. The molecule has 3 rings (SSSR count). The number of benzene rings is 1. The Morgan fingerprint density at radius 1 is 1.27 bits per heavy atom. The van der Waals surface area contributed by atoms with E-state index in [4.69, 9.17) is 25.8 Å². The number of hydrogen-bond acceptors (Lipinski definition) is 4. The molecule has 1 aromatic rings. The summed E-state index contributed by atoms with van der Waals surface area (Å²) in [7, 11) is 1.76. The van der Waals surface area contributed by atoms with E-state index >= 15 is 0 Å². The van der Waals surface area contributed by atoms with Crippen molar-refractivity contribution < 1.29 is 14.2 Å². The first-order valence-corrected chi connectivity index (χ1v) is 9.24. The highest BCUT2D eigenvalue weighted by Gasteiger charge is 2.20. The fourth-order valence-corrected chi connectivity index (χ4v) is 2.88. The highest BCUT2D eigenvalue weighted by molar-refractivity contribution is 14.0. The molecule has 1 saturated carbocycles. The number of nitrogens with one attached hydrogen (secondary N) is 2. The minimum Gasteiger partial charge on any atom is -0.486 e. The van der Waals surface area contributed by atoms with Crippen LogP contribution in [0.25, 0.3) is 0 Å². The van der Waals surface area contributed by atoms with E-state index in [0.29, 0.717) is 36.3 Å². The van der Waals surface area contributed by atoms with Gasteiger partial charge in [0.1, 0.15) is 13.2 Å². The molecule has 0 spiro atoms. The summed E-state index contributed by atoms with van der Waals surface area (Å²) in [5.41, 5.74) is 1.02. The highest BCUT2D eigenvalue weighted by Crippen LogP contribution is 2.38. The van der Waals surface area contributed by atoms with E-state index in [2.05, 4.69) is 15.6 Å². The molecule has 0 bridgehead atoms. The molecule has 1 aliphatic carbocycles. The Bertz CT molecular complexity index is 612. The maximum Gasteiger partial charge on any atom is 0.191 e. The van der Waals surface area contributed by atoms with E-state index in [9.17, 15) is 0 Å². The number of aliphatic imine (C=N–C) groups is 1. The van der Waals surface area contributed by atoms with Crippen molar-refractivity contribution in [3.8, 4) is 11.5 Å². The number of rotatable bonds is 8. The lowest BCUT2D eigenvalue weighted by atomic mass is 10.2. The van der Waals surface area contributed by atoms with E-state index in [1.165, 1.54) is 12.8 Å². The summed E-state index contributed by atoms with van der Waals surface area (Å²) in [4.78, 5) is 4.23. The zero-order valence-electron chi connectivity index (χ0n) is 15.1. The number of hydrogen-bond donors (Lipinski definition) is 2. The zero-order valence-corrected chi connectivity index (χ0v) is 18.1. The van der Waals surface area contributed by atoms with E-state index < -0.39 is 0 Å². The Kier molecular flexibility index (Phi) is 9.07. The van der Waals surface area contributed by atoms with Gasteiger partial charge in [-0.2, -0.15) is 0 Å². The Labute approximate surface area is 177 Å². The molecule has 0 atom stereocenters. The van der Waals surface area contributed by atoms with Gasteiger partial charge in [-0.05, 0) is 42.9 Å². The maximum absolute atomic E-state index is 6.26. The third-order valence-corrected chi connectivity index (χ3v) is 4.43. The van der Waals surface area contributed by atoms with Crippen molar-refractivity contribution in [1.29, 1.82) is 0 Å². The standard InChI is InChI=1S/C18H26ClN3O3.HI/c1-20-18(21-5-2-6-23-12-13-3-4-13)22-11-14-9-15(19)17-16(10-14)24-7-8-25-17;/h9-10,13H,2-8,11-12H2,1H3,(H2,20,21,22);1H. The van der Waals surface area contributed by atoms with E-state index in [0.717, 1.165) is 43.6 Å². The molecule has 0 aromatic heterocycles. The smallest absolute Gasteiger partial charge is 0.191 e. The van der Waals surface area contributed by atoms with Crippen LogP contribution in [-0.2, 0) is 11.3 Å². The molecule has 146 valence electrons. The lowest BCUT2D eigenvalue weighted by Gasteiger charge is -2.20. The average Bonchev–Trinajstić information content (AvgIpc) is 3.45. The summed E-state index contributed by atoms with van der Waals surface area (Å²) in [6, 6.07) is 3.84. The Morgan fingerprint density at radius 2 is 2.08 bits per heavy atom. The average molecular weight is 496 g/mol. The number of fused-ring (bicyclic) bond motifs is 1. The van der Waals surface area contributed by atoms with E-state index in [1.807, 2.05) is 12.1 Å². The van der Waals surface area contributed by atoms with Gasteiger partial charge in [-0.15, -0.1) is 24.0 Å². The summed E-state index contributed by atoms with van der Waals surface area (Å²) in [6.45, 7) is 4.22. The fourth-order valence-electron chi connectivity index (χ4n) is 2.59. The van der Waals surface area contributed by atoms with Crippen molar-refractivity contribution in [2.24, 2.45) is 10.9 Å². The van der Waals surface area contributed by atoms with Gasteiger partial charge < -0.3 is 24.8 Å². The molecule has 0 unspecified atom stereocenters. The minimum atomic E-state index is 0. The van der Waals surface area contributed by atoms with Gasteiger partial charge in [0.15, 0.2) is 17.5 Å². The first-order chi connectivity index (χ1) is 12.3. The van der Waals surface area contributed by atoms with Crippen LogP contribution in [0.15, 0.2) is 17.1 Å². The van der Waals surface area contributed by atoms with Gasteiger partial charge in [-0.1, -0.05) is 11.6 Å². The molecule has 0 saturated heterocycles. The first-order valence-electron chi connectivity index (χ1n) is 8.86. The number of ether oxygens (including phenoxy) is 3. The lowest BCUT2D eigenvalue weighted by Crippen LogP contribution is -2.37. The van der Waals surface area contributed by atoms with Gasteiger partial charge in [-0.3, -0.25) is 4.99 Å². The minimum absolute atomic E-state index is 0. The van der Waals surface area contributed by atoms with E-state index in [-0.39, 0.29) is 24.0 Å². The van der Waals surface area contributed by atoms with Gasteiger partial charge in [-0.25, -0.2) is 0 Å². The van der Waals surface area contributed by atoms with Crippen LogP contribution in [0.3, 0.4) is 0 Å². The Hall–Kier alpha value is -0.930. The molecule has 8 heteroatoms. The van der Waals surface area contributed by atoms with E-state index in [1.54, 1.807) is 7.05 Å². The zero-order chi connectivity index (χ0) is 17.5. The molecule has 1 aromatic carbocycles. The largest absolute Gasteiger partial charge is 0.486 e. The van der Waals surface area contributed by atoms with Gasteiger partial charge in [0.05, 0.1) is 5.02 Å². The van der Waals surface area contributed by atoms with Crippen LogP contribution in [0, 0.1) is 5.92 Å². The summed E-state index contributed by atoms with van der Waals surface area (Å²) in [5, 5.41) is 7.15. The van der Waals surface area contributed by atoms with Gasteiger partial charge in [0.25, 0.3) is 0 Å². The normalized spacial score (nSPS) is 16.0. The monoisotopic (exact) mass is 495 g/mol. The van der Waals surface area contributed by atoms with Gasteiger partial charge >= 0.3 is 0 Å². The summed E-state index contributed by atoms with van der Waals surface area (Å²) >= 11 is 6.26. The molecule has 6 nitrogen and oxygen atoms in total. The fraction of sp³-hybridized carbons (Fsp3) is 0.611. The highest BCUT2D eigenvalue weighted by atomic mass is 127. The van der Waals surface area contributed by atoms with Crippen molar-refractivity contribution in [2.45, 2.75) is 25.8 Å². The maximum atomic E-state index is 6.26. The third kappa shape index (κ3) is 6.66. The predicted molar refractivity (Wildman–Crippen MR) is 114 cm³/mol. The second-order valence-electron chi connectivity index (χ2n) is 6.33. The molecule has 0 amide bonds. The van der Waals surface area contributed by atoms with Crippen molar-refractivity contribution >= 4 is 41.5 Å². The molecular weight excluding hydrogens is 469 g/mol. The molecular formula is C18H27ClIN3O3. The van der Waals surface area contributed by atoms with Crippen LogP contribution < -0.4 is 20.1 Å². The second-order valence-corrected chi connectivity index (χ2v) is 6.73. The number of guanidine groups is 1. The van der Waals surface area contributed by atoms with Crippen LogP contribution >= 0.6 is 35.6 Å².